The average Bonchev–Trinajstić information content (AvgIpc) is 2.81. The highest BCUT2D eigenvalue weighted by atomic mass is 32.2. The Balaban J connectivity index is 1.81. The second kappa shape index (κ2) is 6.16. The van der Waals surface area contributed by atoms with Crippen LogP contribution in [0.5, 0.6) is 5.75 Å². The predicted octanol–water partition coefficient (Wildman–Crippen LogP) is 2.16. The highest BCUT2D eigenvalue weighted by Gasteiger charge is 2.24. The van der Waals surface area contributed by atoms with Gasteiger partial charge in [0.15, 0.2) is 0 Å². The first kappa shape index (κ1) is 16.3. The van der Waals surface area contributed by atoms with E-state index in [9.17, 15) is 13.2 Å². The molecule has 0 saturated carbocycles. The molecule has 1 aliphatic heterocycles. The van der Waals surface area contributed by atoms with Crippen LogP contribution in [-0.2, 0) is 27.0 Å². The van der Waals surface area contributed by atoms with E-state index in [4.69, 9.17) is 4.74 Å². The first-order valence-electron chi connectivity index (χ1n) is 7.41. The summed E-state index contributed by atoms with van der Waals surface area (Å²) >= 11 is 0. The van der Waals surface area contributed by atoms with E-state index in [0.29, 0.717) is 17.0 Å². The summed E-state index contributed by atoms with van der Waals surface area (Å²) in [5, 5.41) is 0. The van der Waals surface area contributed by atoms with Crippen molar-refractivity contribution in [3.05, 3.63) is 53.6 Å². The molecule has 0 aliphatic carbocycles. The second-order valence-corrected chi connectivity index (χ2v) is 7.37. The molecule has 0 fully saturated rings. The zero-order valence-corrected chi connectivity index (χ0v) is 14.3. The molecule has 126 valence electrons. The third-order valence-electron chi connectivity index (χ3n) is 3.97. The summed E-state index contributed by atoms with van der Waals surface area (Å²) in [4.78, 5) is 13.3. The fourth-order valence-corrected chi connectivity index (χ4v) is 3.98. The normalized spacial score (nSPS) is 13.8. The molecule has 1 amide bonds. The molecule has 0 radical (unpaired) electrons. The third kappa shape index (κ3) is 3.21. The summed E-state index contributed by atoms with van der Waals surface area (Å²) in [7, 11) is -0.378. The first-order chi connectivity index (χ1) is 11.4. The monoisotopic (exact) mass is 346 g/mol. The maximum absolute atomic E-state index is 12.4. The Bertz CT molecular complexity index is 893. The summed E-state index contributed by atoms with van der Waals surface area (Å²) in [6.45, 7) is 0. The molecule has 1 N–H and O–H groups in total. The number of carbonyl (C=O) groups excluding carboxylic acids is 1. The number of likely N-dealkylation sites (N-methyl/N-ethyl adjacent to an activating group) is 1. The average molecular weight is 346 g/mol. The zero-order valence-electron chi connectivity index (χ0n) is 13.4. The fourth-order valence-electron chi connectivity index (χ4n) is 2.78. The minimum atomic E-state index is -3.59. The summed E-state index contributed by atoms with van der Waals surface area (Å²) in [5.74, 6) is 0.343. The predicted molar refractivity (Wildman–Crippen MR) is 92.8 cm³/mol. The highest BCUT2D eigenvalue weighted by molar-refractivity contribution is 7.91. The Labute approximate surface area is 141 Å². The van der Waals surface area contributed by atoms with Crippen LogP contribution in [0.3, 0.4) is 0 Å². The molecule has 0 aromatic heterocycles. The number of benzene rings is 2. The number of methoxy groups -OCH3 is 1. The van der Waals surface area contributed by atoms with Gasteiger partial charge < -0.3 is 9.64 Å². The maximum atomic E-state index is 12.4. The largest absolute Gasteiger partial charge is 0.496 e. The van der Waals surface area contributed by atoms with Gasteiger partial charge in [-0.05, 0) is 29.8 Å². The second-order valence-electron chi connectivity index (χ2n) is 5.65. The Morgan fingerprint density at radius 1 is 1.21 bits per heavy atom. The number of amides is 1. The molecule has 24 heavy (non-hydrogen) atoms. The van der Waals surface area contributed by atoms with Crippen LogP contribution in [0.1, 0.15) is 11.1 Å². The molecule has 2 aromatic carbocycles. The Morgan fingerprint density at radius 3 is 2.71 bits per heavy atom. The van der Waals surface area contributed by atoms with Gasteiger partial charge in [-0.15, -0.1) is 0 Å². The molecule has 1 aliphatic rings. The van der Waals surface area contributed by atoms with Crippen molar-refractivity contribution >= 4 is 27.3 Å². The number of sulfonamides is 1. The summed E-state index contributed by atoms with van der Waals surface area (Å²) in [5.41, 5.74) is 2.67. The van der Waals surface area contributed by atoms with Crippen LogP contribution >= 0.6 is 0 Å². The Morgan fingerprint density at radius 2 is 1.96 bits per heavy atom. The third-order valence-corrected chi connectivity index (χ3v) is 5.21. The van der Waals surface area contributed by atoms with E-state index in [1.54, 1.807) is 54.4 Å². The van der Waals surface area contributed by atoms with Crippen LogP contribution in [0.2, 0.25) is 0 Å². The molecule has 0 spiro atoms. The van der Waals surface area contributed by atoms with Gasteiger partial charge in [0.2, 0.25) is 15.9 Å². The zero-order chi connectivity index (χ0) is 17.3. The van der Waals surface area contributed by atoms with Crippen molar-refractivity contribution in [2.45, 2.75) is 12.2 Å². The van der Waals surface area contributed by atoms with Crippen LogP contribution in [0.4, 0.5) is 11.4 Å². The highest BCUT2D eigenvalue weighted by Crippen LogP contribution is 2.30. The Kier molecular flexibility index (Phi) is 4.19. The molecule has 0 saturated heterocycles. The van der Waals surface area contributed by atoms with Crippen LogP contribution in [0.25, 0.3) is 0 Å². The minimum absolute atomic E-state index is 0.000899. The van der Waals surface area contributed by atoms with Crippen molar-refractivity contribution in [3.63, 3.8) is 0 Å². The van der Waals surface area contributed by atoms with Crippen molar-refractivity contribution < 1.29 is 17.9 Å². The number of ether oxygens (including phenoxy) is 1. The van der Waals surface area contributed by atoms with E-state index in [1.807, 2.05) is 0 Å². The van der Waals surface area contributed by atoms with Crippen LogP contribution in [-0.4, -0.2) is 28.5 Å². The number of hydrogen-bond donors (Lipinski definition) is 1. The molecule has 2 aromatic rings. The lowest BCUT2D eigenvalue weighted by Gasteiger charge is -2.13. The number of rotatable bonds is 5. The molecular weight excluding hydrogens is 328 g/mol. The van der Waals surface area contributed by atoms with E-state index >= 15 is 0 Å². The van der Waals surface area contributed by atoms with Gasteiger partial charge in [-0.25, -0.2) is 8.42 Å². The van der Waals surface area contributed by atoms with E-state index in [-0.39, 0.29) is 18.1 Å². The van der Waals surface area contributed by atoms with Crippen molar-refractivity contribution in [3.8, 4) is 5.75 Å². The van der Waals surface area contributed by atoms with Gasteiger partial charge >= 0.3 is 0 Å². The quantitative estimate of drug-likeness (QED) is 0.900. The SMILES string of the molecule is COc1ccccc1CS(=O)(=O)Nc1ccc2c(c1)CC(=O)N2C. The minimum Gasteiger partial charge on any atom is -0.496 e. The lowest BCUT2D eigenvalue weighted by Crippen LogP contribution is -2.20. The van der Waals surface area contributed by atoms with Gasteiger partial charge in [-0.3, -0.25) is 9.52 Å². The molecule has 0 unspecified atom stereocenters. The van der Waals surface area contributed by atoms with Crippen molar-refractivity contribution in [1.82, 2.24) is 0 Å². The van der Waals surface area contributed by atoms with Crippen LogP contribution < -0.4 is 14.4 Å². The molecule has 1 heterocycles. The Hall–Kier alpha value is -2.54. The van der Waals surface area contributed by atoms with Gasteiger partial charge in [-0.2, -0.15) is 0 Å². The van der Waals surface area contributed by atoms with Gasteiger partial charge in [0.05, 0.1) is 19.3 Å². The van der Waals surface area contributed by atoms with Gasteiger partial charge in [0.25, 0.3) is 0 Å². The summed E-state index contributed by atoms with van der Waals surface area (Å²) in [6, 6.07) is 12.1. The maximum Gasteiger partial charge on any atom is 0.237 e. The fraction of sp³-hybridized carbons (Fsp3) is 0.235. The van der Waals surface area contributed by atoms with Crippen molar-refractivity contribution in [2.75, 3.05) is 23.8 Å². The summed E-state index contributed by atoms with van der Waals surface area (Å²) < 4.78 is 32.6. The van der Waals surface area contributed by atoms with Gasteiger partial charge in [0.1, 0.15) is 5.75 Å². The number of para-hydroxylation sites is 1. The van der Waals surface area contributed by atoms with E-state index < -0.39 is 10.0 Å². The van der Waals surface area contributed by atoms with E-state index in [0.717, 1.165) is 11.3 Å². The number of nitrogens with zero attached hydrogens (tertiary/aromatic N) is 1. The number of fused-ring (bicyclic) bond motifs is 1. The smallest absolute Gasteiger partial charge is 0.237 e. The van der Waals surface area contributed by atoms with Crippen LogP contribution in [0.15, 0.2) is 42.5 Å². The number of hydrogen-bond acceptors (Lipinski definition) is 4. The standard InChI is InChI=1S/C17H18N2O4S/c1-19-15-8-7-14(9-13(15)10-17(19)20)18-24(21,22)11-12-5-3-4-6-16(12)23-2/h3-9,18H,10-11H2,1-2H3. The topological polar surface area (TPSA) is 75.7 Å². The number of carbonyl (C=O) groups is 1. The summed E-state index contributed by atoms with van der Waals surface area (Å²) in [6.07, 6.45) is 0.286. The van der Waals surface area contributed by atoms with Gasteiger partial charge in [-0.1, -0.05) is 18.2 Å². The molecule has 0 bridgehead atoms. The molecule has 3 rings (SSSR count). The number of nitrogens with one attached hydrogen (secondary N) is 1. The van der Waals surface area contributed by atoms with Crippen LogP contribution in [0, 0.1) is 0 Å². The molecule has 0 atom stereocenters. The van der Waals surface area contributed by atoms with Gasteiger partial charge in [0, 0.05) is 24.0 Å². The molecular formula is C17H18N2O4S. The first-order valence-corrected chi connectivity index (χ1v) is 9.07. The number of anilines is 2. The van der Waals surface area contributed by atoms with E-state index in [1.165, 1.54) is 7.11 Å². The van der Waals surface area contributed by atoms with E-state index in [2.05, 4.69) is 4.72 Å². The lowest BCUT2D eigenvalue weighted by molar-refractivity contribution is -0.117. The lowest BCUT2D eigenvalue weighted by atomic mass is 10.1. The molecule has 7 heteroatoms. The van der Waals surface area contributed by atoms with Crippen molar-refractivity contribution in [1.29, 1.82) is 0 Å². The molecule has 6 nitrogen and oxygen atoms in total. The van der Waals surface area contributed by atoms with Crippen molar-refractivity contribution in [2.24, 2.45) is 0 Å².